The molecule has 0 aromatic carbocycles. The maximum absolute atomic E-state index is 14.2. The number of aromatic nitrogens is 2. The molecule has 2 heterocycles. The summed E-state index contributed by atoms with van der Waals surface area (Å²) in [5, 5.41) is 21.8. The van der Waals surface area contributed by atoms with Crippen LogP contribution < -0.4 is 0 Å². The van der Waals surface area contributed by atoms with Gasteiger partial charge in [-0.15, -0.1) is 11.3 Å². The van der Waals surface area contributed by atoms with Gasteiger partial charge >= 0.3 is 0 Å². The van der Waals surface area contributed by atoms with Crippen LogP contribution in [0, 0.1) is 29.1 Å². The summed E-state index contributed by atoms with van der Waals surface area (Å²) >= 11 is 1.85. The van der Waals surface area contributed by atoms with E-state index in [1.165, 1.54) is 54.0 Å². The first-order chi connectivity index (χ1) is 22.2. The minimum absolute atomic E-state index is 0.0461. The summed E-state index contributed by atoms with van der Waals surface area (Å²) in [6.07, 6.45) is 23.4. The van der Waals surface area contributed by atoms with Gasteiger partial charge in [0.15, 0.2) is 5.78 Å². The zero-order valence-corrected chi connectivity index (χ0v) is 29.0. The van der Waals surface area contributed by atoms with Gasteiger partial charge in [-0.05, 0) is 123 Å². The van der Waals surface area contributed by atoms with Gasteiger partial charge in [0.05, 0.1) is 17.2 Å². The van der Waals surface area contributed by atoms with Crippen LogP contribution in [0.1, 0.15) is 124 Å². The van der Waals surface area contributed by atoms with E-state index in [4.69, 9.17) is 4.98 Å². The van der Waals surface area contributed by atoms with Crippen molar-refractivity contribution in [3.63, 3.8) is 0 Å². The number of rotatable bonds is 12. The van der Waals surface area contributed by atoms with Crippen molar-refractivity contribution in [1.29, 1.82) is 0 Å². The Kier molecular flexibility index (Phi) is 10.2. The van der Waals surface area contributed by atoms with Crippen LogP contribution in [-0.2, 0) is 11.8 Å². The lowest BCUT2D eigenvalue weighted by Crippen LogP contribution is -2.36. The van der Waals surface area contributed by atoms with Crippen LogP contribution in [0.2, 0.25) is 0 Å². The maximum Gasteiger partial charge on any atom is 0.167 e. The van der Waals surface area contributed by atoms with Gasteiger partial charge in [0.2, 0.25) is 0 Å². The van der Waals surface area contributed by atoms with Gasteiger partial charge < -0.3 is 10.2 Å². The van der Waals surface area contributed by atoms with Gasteiger partial charge in [-0.3, -0.25) is 9.78 Å². The molecule has 0 saturated heterocycles. The third-order valence-corrected chi connectivity index (χ3v) is 13.7. The lowest BCUT2D eigenvalue weighted by Gasteiger charge is -2.44. The van der Waals surface area contributed by atoms with E-state index >= 15 is 0 Å². The van der Waals surface area contributed by atoms with Crippen molar-refractivity contribution in [2.75, 3.05) is 0 Å². The SMILES string of the molecule is C=C1C(=CC=C2CCC[C@]3(C)[C@@H]([C@H](C)CC[C@@H](C(=O)c4ccncc4)C4(c5ncc(CCCC)s5)CC4)CC[C@@H]23)C[C@@H](O)C[C@@H]1O. The number of pyridine rings is 1. The molecule has 0 radical (unpaired) electrons. The first-order valence-electron chi connectivity index (χ1n) is 18.0. The van der Waals surface area contributed by atoms with Gasteiger partial charge in [0.25, 0.3) is 0 Å². The van der Waals surface area contributed by atoms with Crippen LogP contribution in [0.3, 0.4) is 0 Å². The number of ketones is 1. The highest BCUT2D eigenvalue weighted by atomic mass is 32.1. The lowest BCUT2D eigenvalue weighted by atomic mass is 9.60. The van der Waals surface area contributed by atoms with Crippen LogP contribution in [-0.4, -0.2) is 38.2 Å². The van der Waals surface area contributed by atoms with Crippen molar-refractivity contribution >= 4 is 17.1 Å². The number of fused-ring (bicyclic) bond motifs is 1. The van der Waals surface area contributed by atoms with Gasteiger partial charge in [-0.25, -0.2) is 4.98 Å². The second kappa shape index (κ2) is 14.0. The minimum Gasteiger partial charge on any atom is -0.393 e. The second-order valence-electron chi connectivity index (χ2n) is 15.3. The molecule has 6 rings (SSSR count). The van der Waals surface area contributed by atoms with E-state index in [-0.39, 0.29) is 22.5 Å². The number of Topliss-reactive ketones (excluding diaryl/α,β-unsaturated/α-hetero) is 1. The molecule has 0 spiro atoms. The van der Waals surface area contributed by atoms with Crippen LogP contribution in [0.5, 0.6) is 0 Å². The molecule has 0 aliphatic heterocycles. The monoisotopic (exact) mass is 642 g/mol. The summed E-state index contributed by atoms with van der Waals surface area (Å²) in [7, 11) is 0. The van der Waals surface area contributed by atoms with E-state index < -0.39 is 12.2 Å². The maximum atomic E-state index is 14.2. The van der Waals surface area contributed by atoms with Gasteiger partial charge in [0.1, 0.15) is 0 Å². The van der Waals surface area contributed by atoms with E-state index in [0.717, 1.165) is 55.2 Å². The highest BCUT2D eigenvalue weighted by Crippen LogP contribution is 2.61. The molecule has 7 atom stereocenters. The average molecular weight is 643 g/mol. The first-order valence-corrected chi connectivity index (χ1v) is 18.8. The number of carbonyl (C=O) groups is 1. The van der Waals surface area contributed by atoms with E-state index in [1.807, 2.05) is 23.5 Å². The third kappa shape index (κ3) is 6.64. The van der Waals surface area contributed by atoms with Gasteiger partial charge in [-0.1, -0.05) is 51.5 Å². The largest absolute Gasteiger partial charge is 0.393 e. The molecule has 2 aromatic rings. The molecule has 4 aliphatic carbocycles. The van der Waals surface area contributed by atoms with Crippen molar-refractivity contribution in [1.82, 2.24) is 9.97 Å². The van der Waals surface area contributed by atoms with Crippen molar-refractivity contribution in [2.24, 2.45) is 29.1 Å². The van der Waals surface area contributed by atoms with Crippen LogP contribution >= 0.6 is 11.3 Å². The third-order valence-electron chi connectivity index (χ3n) is 12.4. The Morgan fingerprint density at radius 3 is 2.67 bits per heavy atom. The van der Waals surface area contributed by atoms with E-state index in [2.05, 4.69) is 50.7 Å². The van der Waals surface area contributed by atoms with Gasteiger partial charge in [-0.2, -0.15) is 0 Å². The number of nitrogens with zero attached hydrogens (tertiary/aromatic N) is 2. The number of aliphatic hydroxyl groups is 2. The molecule has 0 amide bonds. The summed E-state index contributed by atoms with van der Waals surface area (Å²) in [6.45, 7) is 11.3. The zero-order valence-electron chi connectivity index (χ0n) is 28.2. The summed E-state index contributed by atoms with van der Waals surface area (Å²) in [5.41, 5.74) is 4.21. The molecule has 5 nitrogen and oxygen atoms in total. The fourth-order valence-electron chi connectivity index (χ4n) is 9.54. The fourth-order valence-corrected chi connectivity index (χ4v) is 10.8. The number of hydrogen-bond acceptors (Lipinski definition) is 6. The molecular formula is C40H54N2O3S. The molecule has 2 aromatic heterocycles. The van der Waals surface area contributed by atoms with E-state index in [0.29, 0.717) is 30.6 Å². The Labute approximate surface area is 280 Å². The fraction of sp³-hybridized carbons (Fsp3) is 0.625. The normalized spacial score (nSPS) is 32.0. The summed E-state index contributed by atoms with van der Waals surface area (Å²) in [4.78, 5) is 24.7. The summed E-state index contributed by atoms with van der Waals surface area (Å²) < 4.78 is 0. The number of hydrogen-bond donors (Lipinski definition) is 2. The highest BCUT2D eigenvalue weighted by Gasteiger charge is 2.56. The molecule has 4 fully saturated rings. The minimum atomic E-state index is -0.649. The summed E-state index contributed by atoms with van der Waals surface area (Å²) in [6, 6.07) is 3.78. The Morgan fingerprint density at radius 1 is 1.15 bits per heavy atom. The van der Waals surface area contributed by atoms with E-state index in [9.17, 15) is 15.0 Å². The molecule has 0 unspecified atom stereocenters. The average Bonchev–Trinajstić information content (AvgIpc) is 3.55. The molecule has 4 saturated carbocycles. The van der Waals surface area contributed by atoms with Crippen LogP contribution in [0.25, 0.3) is 0 Å². The standard InChI is InChI=1S/C40H54N2O3S/c1-5-6-9-32-25-42-38(46-32)40(19-20-40)35(37(45)29-16-21-41-22-17-29)13-10-26(2)33-14-15-34-28(8-7-18-39(33,34)4)11-12-30-23-31(43)24-36(44)27(30)3/h11-12,16-17,21-22,25-26,31,33-36,43-44H,3,5-10,13-15,18-20,23-24H2,1-2,4H3/t26-,31-,33-,34+,35+,36+,39-/m1/s1. The highest BCUT2D eigenvalue weighted by molar-refractivity contribution is 7.11. The zero-order chi connectivity index (χ0) is 32.5. The number of unbranched alkanes of at least 4 members (excludes halogenated alkanes) is 1. The van der Waals surface area contributed by atoms with Gasteiger partial charge in [0, 0.05) is 46.8 Å². The molecule has 6 heteroatoms. The number of allylic oxidation sites excluding steroid dienone is 3. The Hall–Kier alpha value is -2.41. The quantitative estimate of drug-likeness (QED) is 0.226. The molecule has 4 aliphatic rings. The van der Waals surface area contributed by atoms with Crippen LogP contribution in [0.15, 0.2) is 66.2 Å². The molecule has 46 heavy (non-hydrogen) atoms. The second-order valence-corrected chi connectivity index (χ2v) is 16.4. The Morgan fingerprint density at radius 2 is 1.93 bits per heavy atom. The molecule has 248 valence electrons. The Bertz CT molecular complexity index is 1460. The molecular weight excluding hydrogens is 589 g/mol. The number of aliphatic hydroxyl groups excluding tert-OH is 2. The van der Waals surface area contributed by atoms with Crippen molar-refractivity contribution in [3.8, 4) is 0 Å². The molecule has 2 N–H and O–H groups in total. The topological polar surface area (TPSA) is 83.3 Å². The Balaban J connectivity index is 1.19. The van der Waals surface area contributed by atoms with Crippen molar-refractivity contribution in [2.45, 2.75) is 128 Å². The first kappa shape index (κ1) is 33.5. The van der Waals surface area contributed by atoms with Crippen molar-refractivity contribution < 1.29 is 15.0 Å². The number of carbonyl (C=O) groups excluding carboxylic acids is 1. The smallest absolute Gasteiger partial charge is 0.167 e. The van der Waals surface area contributed by atoms with E-state index in [1.54, 1.807) is 12.4 Å². The predicted molar refractivity (Wildman–Crippen MR) is 187 cm³/mol. The van der Waals surface area contributed by atoms with Crippen LogP contribution in [0.4, 0.5) is 0 Å². The summed E-state index contributed by atoms with van der Waals surface area (Å²) in [5.74, 6) is 1.96. The predicted octanol–water partition coefficient (Wildman–Crippen LogP) is 8.97. The number of aryl methyl sites for hydroxylation is 1. The molecule has 0 bridgehead atoms. The lowest BCUT2D eigenvalue weighted by molar-refractivity contribution is 0.0804. The van der Waals surface area contributed by atoms with Crippen molar-refractivity contribution in [3.05, 3.63) is 81.6 Å². The number of thiazole rings is 1.